The van der Waals surface area contributed by atoms with Crippen LogP contribution in [0.25, 0.3) is 0 Å². The first-order chi connectivity index (χ1) is 10.4. The van der Waals surface area contributed by atoms with Gasteiger partial charge in [0.15, 0.2) is 0 Å². The monoisotopic (exact) mass is 341 g/mol. The van der Waals surface area contributed by atoms with E-state index in [9.17, 15) is 14.3 Å². The van der Waals surface area contributed by atoms with Gasteiger partial charge in [-0.05, 0) is 24.6 Å². The van der Waals surface area contributed by atoms with E-state index in [4.69, 9.17) is 23.2 Å². The van der Waals surface area contributed by atoms with E-state index in [2.05, 4.69) is 10.4 Å². The van der Waals surface area contributed by atoms with Crippen molar-refractivity contribution in [3.63, 3.8) is 0 Å². The molecular formula is C14H10Cl2FN3O2. The topological polar surface area (TPSA) is 67.1 Å². The lowest BCUT2D eigenvalue weighted by atomic mass is 9.96. The third-order valence-corrected chi connectivity index (χ3v) is 4.17. The molecule has 0 fully saturated rings. The van der Waals surface area contributed by atoms with Gasteiger partial charge in [0.2, 0.25) is 5.95 Å². The molecule has 114 valence electrons. The second-order valence-electron chi connectivity index (χ2n) is 4.84. The van der Waals surface area contributed by atoms with Crippen LogP contribution in [-0.2, 0) is 4.79 Å². The van der Waals surface area contributed by atoms with Crippen molar-refractivity contribution >= 4 is 35.0 Å². The highest BCUT2D eigenvalue weighted by atomic mass is 35.5. The molecule has 2 aromatic rings. The first-order valence-electron chi connectivity index (χ1n) is 6.29. The van der Waals surface area contributed by atoms with Crippen LogP contribution in [0.2, 0.25) is 10.0 Å². The number of allylic oxidation sites excluding steroid dienone is 1. The Hall–Kier alpha value is -2.05. The number of carboxylic acid groups (broad SMARTS) is 1. The number of hydrogen-bond acceptors (Lipinski definition) is 3. The summed E-state index contributed by atoms with van der Waals surface area (Å²) in [4.78, 5) is 11.6. The van der Waals surface area contributed by atoms with E-state index in [1.165, 1.54) is 10.7 Å². The number of nitrogens with zero attached hydrogens (tertiary/aromatic N) is 2. The Kier molecular flexibility index (Phi) is 3.58. The van der Waals surface area contributed by atoms with Gasteiger partial charge in [0.05, 0.1) is 15.6 Å². The fourth-order valence-electron chi connectivity index (χ4n) is 2.51. The van der Waals surface area contributed by atoms with E-state index in [1.54, 1.807) is 25.1 Å². The van der Waals surface area contributed by atoms with Crippen LogP contribution in [0.1, 0.15) is 18.5 Å². The maximum atomic E-state index is 13.5. The number of carboxylic acids is 1. The van der Waals surface area contributed by atoms with Gasteiger partial charge < -0.3 is 10.4 Å². The number of hydrogen-bond donors (Lipinski definition) is 2. The standard InChI is InChI=1S/C14H10Cl2FN3O2/c1-6-12(14(21)22)13(7-2-3-8(15)9(16)4-7)20-11(18-6)5-10(17)19-20/h2-5,13,18H,1H3,(H,21,22). The molecule has 5 nitrogen and oxygen atoms in total. The quantitative estimate of drug-likeness (QED) is 0.873. The van der Waals surface area contributed by atoms with Crippen LogP contribution in [0.15, 0.2) is 35.5 Å². The fraction of sp³-hybridized carbons (Fsp3) is 0.143. The lowest BCUT2D eigenvalue weighted by Gasteiger charge is -2.28. The highest BCUT2D eigenvalue weighted by molar-refractivity contribution is 6.42. The number of nitrogens with one attached hydrogen (secondary N) is 1. The summed E-state index contributed by atoms with van der Waals surface area (Å²) in [5.74, 6) is -1.45. The zero-order valence-electron chi connectivity index (χ0n) is 11.3. The van der Waals surface area contributed by atoms with Crippen molar-refractivity contribution in [2.45, 2.75) is 13.0 Å². The van der Waals surface area contributed by atoms with E-state index in [1.807, 2.05) is 0 Å². The summed E-state index contributed by atoms with van der Waals surface area (Å²) < 4.78 is 14.8. The summed E-state index contributed by atoms with van der Waals surface area (Å²) in [6.45, 7) is 1.61. The Balaban J connectivity index is 2.23. The predicted molar refractivity (Wildman–Crippen MR) is 80.7 cm³/mol. The van der Waals surface area contributed by atoms with Crippen molar-refractivity contribution in [1.82, 2.24) is 9.78 Å². The molecule has 1 aliphatic heterocycles. The molecule has 0 amide bonds. The van der Waals surface area contributed by atoms with Crippen molar-refractivity contribution in [2.75, 3.05) is 5.32 Å². The number of halogens is 3. The van der Waals surface area contributed by atoms with Crippen LogP contribution in [0.4, 0.5) is 10.2 Å². The zero-order valence-corrected chi connectivity index (χ0v) is 12.8. The fourth-order valence-corrected chi connectivity index (χ4v) is 2.82. The number of aliphatic carboxylic acids is 1. The van der Waals surface area contributed by atoms with Crippen molar-refractivity contribution in [1.29, 1.82) is 0 Å². The van der Waals surface area contributed by atoms with E-state index in [-0.39, 0.29) is 10.6 Å². The summed E-state index contributed by atoms with van der Waals surface area (Å²) in [5.41, 5.74) is 1.03. The predicted octanol–water partition coefficient (Wildman–Crippen LogP) is 3.70. The lowest BCUT2D eigenvalue weighted by Crippen LogP contribution is -2.28. The smallest absolute Gasteiger partial charge is 0.335 e. The normalized spacial score (nSPS) is 17.2. The molecule has 0 radical (unpaired) electrons. The van der Waals surface area contributed by atoms with Crippen LogP contribution in [0, 0.1) is 5.95 Å². The molecule has 0 saturated carbocycles. The zero-order chi connectivity index (χ0) is 16.0. The van der Waals surface area contributed by atoms with Gasteiger partial charge in [-0.15, -0.1) is 5.10 Å². The minimum Gasteiger partial charge on any atom is -0.478 e. The van der Waals surface area contributed by atoms with Gasteiger partial charge in [0.25, 0.3) is 0 Å². The highest BCUT2D eigenvalue weighted by Crippen LogP contribution is 2.37. The summed E-state index contributed by atoms with van der Waals surface area (Å²) in [7, 11) is 0. The summed E-state index contributed by atoms with van der Waals surface area (Å²) in [6.07, 6.45) is 0. The molecule has 0 spiro atoms. The average Bonchev–Trinajstić information content (AvgIpc) is 2.79. The van der Waals surface area contributed by atoms with Gasteiger partial charge >= 0.3 is 5.97 Å². The highest BCUT2D eigenvalue weighted by Gasteiger charge is 2.33. The van der Waals surface area contributed by atoms with E-state index in [0.717, 1.165) is 0 Å². The Bertz CT molecular complexity index is 816. The van der Waals surface area contributed by atoms with Crippen LogP contribution < -0.4 is 5.32 Å². The molecule has 22 heavy (non-hydrogen) atoms. The number of carbonyl (C=O) groups is 1. The van der Waals surface area contributed by atoms with Crippen molar-refractivity contribution in [3.8, 4) is 0 Å². The molecule has 0 aliphatic carbocycles. The van der Waals surface area contributed by atoms with Crippen molar-refractivity contribution in [3.05, 3.63) is 57.1 Å². The molecule has 0 saturated heterocycles. The summed E-state index contributed by atoms with van der Waals surface area (Å²) >= 11 is 11.9. The van der Waals surface area contributed by atoms with Crippen LogP contribution in [-0.4, -0.2) is 20.9 Å². The first kappa shape index (κ1) is 14.9. The molecule has 1 aromatic carbocycles. The number of anilines is 1. The van der Waals surface area contributed by atoms with E-state index >= 15 is 0 Å². The third kappa shape index (κ3) is 2.34. The minimum absolute atomic E-state index is 0.0639. The summed E-state index contributed by atoms with van der Waals surface area (Å²) in [6, 6.07) is 5.17. The number of rotatable bonds is 2. The van der Waals surface area contributed by atoms with Gasteiger partial charge in [-0.2, -0.15) is 4.39 Å². The van der Waals surface area contributed by atoms with Gasteiger partial charge in [0, 0.05) is 11.8 Å². The minimum atomic E-state index is -1.12. The third-order valence-electron chi connectivity index (χ3n) is 3.43. The van der Waals surface area contributed by atoms with Gasteiger partial charge in [-0.25, -0.2) is 9.48 Å². The van der Waals surface area contributed by atoms with Crippen LogP contribution in [0.5, 0.6) is 0 Å². The second-order valence-corrected chi connectivity index (χ2v) is 5.66. The van der Waals surface area contributed by atoms with E-state index < -0.39 is 18.0 Å². The summed E-state index contributed by atoms with van der Waals surface area (Å²) in [5, 5.41) is 16.7. The molecule has 0 bridgehead atoms. The van der Waals surface area contributed by atoms with Crippen LogP contribution in [0.3, 0.4) is 0 Å². The lowest BCUT2D eigenvalue weighted by molar-refractivity contribution is -0.133. The molecule has 1 aliphatic rings. The molecule has 1 unspecified atom stereocenters. The molecular weight excluding hydrogens is 332 g/mol. The van der Waals surface area contributed by atoms with Crippen molar-refractivity contribution < 1.29 is 14.3 Å². The number of fused-ring (bicyclic) bond motifs is 1. The number of aromatic nitrogens is 2. The molecule has 1 atom stereocenters. The maximum Gasteiger partial charge on any atom is 0.335 e. The molecule has 3 rings (SSSR count). The Labute approximate surface area is 135 Å². The van der Waals surface area contributed by atoms with Gasteiger partial charge in [-0.1, -0.05) is 29.3 Å². The van der Waals surface area contributed by atoms with Crippen molar-refractivity contribution in [2.24, 2.45) is 0 Å². The Morgan fingerprint density at radius 1 is 1.36 bits per heavy atom. The number of benzene rings is 1. The second kappa shape index (κ2) is 5.30. The maximum absolute atomic E-state index is 13.5. The molecule has 2 heterocycles. The van der Waals surface area contributed by atoms with Gasteiger partial charge in [0.1, 0.15) is 11.9 Å². The average molecular weight is 342 g/mol. The largest absolute Gasteiger partial charge is 0.478 e. The molecule has 8 heteroatoms. The molecule has 2 N–H and O–H groups in total. The first-order valence-corrected chi connectivity index (χ1v) is 7.05. The SMILES string of the molecule is CC1=C(C(=O)O)C(c2ccc(Cl)c(Cl)c2)n2nc(F)cc2N1. The molecule has 1 aromatic heterocycles. The Morgan fingerprint density at radius 3 is 2.73 bits per heavy atom. The Morgan fingerprint density at radius 2 is 2.09 bits per heavy atom. The van der Waals surface area contributed by atoms with Gasteiger partial charge in [-0.3, -0.25) is 0 Å². The van der Waals surface area contributed by atoms with E-state index in [0.29, 0.717) is 22.1 Å². The van der Waals surface area contributed by atoms with Crippen LogP contribution >= 0.6 is 23.2 Å².